The van der Waals surface area contributed by atoms with Crippen LogP contribution >= 0.6 is 23.4 Å². The Balaban J connectivity index is 2.19. The molecule has 2 rings (SSSR count). The quantitative estimate of drug-likeness (QED) is 0.695. The number of hydrogen-bond donors (Lipinski definition) is 1. The Hall–Kier alpha value is -1.33. The lowest BCUT2D eigenvalue weighted by molar-refractivity contribution is 0.617. The van der Waals surface area contributed by atoms with Gasteiger partial charge in [0.1, 0.15) is 5.82 Å². The number of H-pyrrole nitrogens is 1. The van der Waals surface area contributed by atoms with E-state index >= 15 is 0 Å². The van der Waals surface area contributed by atoms with Crippen LogP contribution in [0.15, 0.2) is 34.2 Å². The molecular weight excluding hydrogens is 287 g/mol. The molecule has 0 aliphatic rings. The highest BCUT2D eigenvalue weighted by atomic mass is 35.5. The van der Waals surface area contributed by atoms with Crippen molar-refractivity contribution in [2.45, 2.75) is 24.3 Å². The Morgan fingerprint density at radius 3 is 2.95 bits per heavy atom. The van der Waals surface area contributed by atoms with Gasteiger partial charge in [-0.3, -0.25) is 4.79 Å². The molecule has 0 unspecified atom stereocenters. The summed E-state index contributed by atoms with van der Waals surface area (Å²) in [6, 6.07) is 6.02. The number of aromatic amines is 1. The SMILES string of the molecule is CCc1cc(=O)[nH]c(SCc2c(F)cccc2Cl)n1. The molecule has 0 fully saturated rings. The summed E-state index contributed by atoms with van der Waals surface area (Å²) in [6.07, 6.45) is 0.679. The number of aryl methyl sites for hydroxylation is 1. The topological polar surface area (TPSA) is 45.8 Å². The summed E-state index contributed by atoms with van der Waals surface area (Å²) in [5.41, 5.74) is 0.929. The molecule has 1 aromatic heterocycles. The Bertz CT molecular complexity index is 625. The smallest absolute Gasteiger partial charge is 0.251 e. The molecule has 0 radical (unpaired) electrons. The third-order valence-corrected chi connectivity index (χ3v) is 3.80. The average Bonchev–Trinajstić information content (AvgIpc) is 2.37. The molecule has 1 heterocycles. The van der Waals surface area contributed by atoms with Crippen LogP contribution in [0.2, 0.25) is 5.02 Å². The normalized spacial score (nSPS) is 10.7. The molecule has 100 valence electrons. The minimum absolute atomic E-state index is 0.200. The van der Waals surface area contributed by atoms with Gasteiger partial charge in [0, 0.05) is 28.1 Å². The van der Waals surface area contributed by atoms with Crippen LogP contribution in [0, 0.1) is 5.82 Å². The van der Waals surface area contributed by atoms with Crippen molar-refractivity contribution in [3.05, 3.63) is 56.7 Å². The monoisotopic (exact) mass is 298 g/mol. The second kappa shape index (κ2) is 6.21. The van der Waals surface area contributed by atoms with E-state index in [2.05, 4.69) is 9.97 Å². The van der Waals surface area contributed by atoms with E-state index in [0.717, 1.165) is 0 Å². The molecule has 0 aliphatic heterocycles. The molecule has 0 bridgehead atoms. The van der Waals surface area contributed by atoms with Gasteiger partial charge in [-0.15, -0.1) is 0 Å². The molecule has 6 heteroatoms. The Labute approximate surface area is 119 Å². The second-order valence-electron chi connectivity index (χ2n) is 3.88. The predicted molar refractivity (Wildman–Crippen MR) is 75.2 cm³/mol. The zero-order chi connectivity index (χ0) is 13.8. The molecule has 0 spiro atoms. The standard InChI is InChI=1S/C13H12ClFN2OS/c1-2-8-6-12(18)17-13(16-8)19-7-9-10(14)4-3-5-11(9)15/h3-6H,2,7H2,1H3,(H,16,17,18). The molecule has 1 aromatic carbocycles. The fraction of sp³-hybridized carbons (Fsp3) is 0.231. The van der Waals surface area contributed by atoms with Crippen LogP contribution < -0.4 is 5.56 Å². The fourth-order valence-corrected chi connectivity index (χ4v) is 2.78. The maximum atomic E-state index is 13.6. The van der Waals surface area contributed by atoms with Crippen LogP contribution in [0.1, 0.15) is 18.2 Å². The number of nitrogens with zero attached hydrogens (tertiary/aromatic N) is 1. The second-order valence-corrected chi connectivity index (χ2v) is 5.26. The first kappa shape index (κ1) is 14.1. The molecular formula is C13H12ClFN2OS. The predicted octanol–water partition coefficient (Wildman–Crippen LogP) is 3.42. The van der Waals surface area contributed by atoms with Gasteiger partial charge in [-0.25, -0.2) is 9.37 Å². The van der Waals surface area contributed by atoms with Crippen LogP contribution in [0.5, 0.6) is 0 Å². The van der Waals surface area contributed by atoms with Crippen LogP contribution in [-0.4, -0.2) is 9.97 Å². The van der Waals surface area contributed by atoms with Crippen LogP contribution in [0.4, 0.5) is 4.39 Å². The zero-order valence-corrected chi connectivity index (χ0v) is 11.8. The van der Waals surface area contributed by atoms with Gasteiger partial charge in [-0.1, -0.05) is 36.4 Å². The molecule has 0 saturated heterocycles. The summed E-state index contributed by atoms with van der Waals surface area (Å²) in [6.45, 7) is 1.92. The highest BCUT2D eigenvalue weighted by Gasteiger charge is 2.08. The Morgan fingerprint density at radius 2 is 2.26 bits per heavy atom. The minimum Gasteiger partial charge on any atom is -0.301 e. The summed E-state index contributed by atoms with van der Waals surface area (Å²) in [5.74, 6) is -0.0317. The van der Waals surface area contributed by atoms with Crippen molar-refractivity contribution in [2.24, 2.45) is 0 Å². The van der Waals surface area contributed by atoms with Crippen LogP contribution in [-0.2, 0) is 12.2 Å². The van der Waals surface area contributed by atoms with Crippen molar-refractivity contribution in [1.29, 1.82) is 0 Å². The van der Waals surface area contributed by atoms with Crippen molar-refractivity contribution in [1.82, 2.24) is 9.97 Å². The lowest BCUT2D eigenvalue weighted by atomic mass is 10.2. The zero-order valence-electron chi connectivity index (χ0n) is 10.2. The van der Waals surface area contributed by atoms with Gasteiger partial charge in [0.05, 0.1) is 0 Å². The third kappa shape index (κ3) is 3.58. The highest BCUT2D eigenvalue weighted by molar-refractivity contribution is 7.98. The van der Waals surface area contributed by atoms with Gasteiger partial charge in [-0.05, 0) is 18.6 Å². The fourth-order valence-electron chi connectivity index (χ4n) is 1.54. The number of nitrogens with one attached hydrogen (secondary N) is 1. The van der Waals surface area contributed by atoms with Gasteiger partial charge in [-0.2, -0.15) is 0 Å². The van der Waals surface area contributed by atoms with E-state index in [1.54, 1.807) is 12.1 Å². The molecule has 0 saturated carbocycles. The number of thioether (sulfide) groups is 1. The Kier molecular flexibility index (Phi) is 4.61. The van der Waals surface area contributed by atoms with E-state index in [4.69, 9.17) is 11.6 Å². The largest absolute Gasteiger partial charge is 0.301 e. The number of hydrogen-bond acceptors (Lipinski definition) is 3. The molecule has 0 atom stereocenters. The van der Waals surface area contributed by atoms with E-state index in [1.807, 2.05) is 6.92 Å². The van der Waals surface area contributed by atoms with Crippen LogP contribution in [0.25, 0.3) is 0 Å². The molecule has 2 aromatic rings. The molecule has 1 N–H and O–H groups in total. The summed E-state index contributed by atoms with van der Waals surface area (Å²) < 4.78 is 13.6. The number of halogens is 2. The first-order chi connectivity index (χ1) is 9.10. The van der Waals surface area contributed by atoms with E-state index in [1.165, 1.54) is 23.9 Å². The lowest BCUT2D eigenvalue weighted by Gasteiger charge is -2.05. The number of aromatic nitrogens is 2. The molecule has 3 nitrogen and oxygen atoms in total. The first-order valence-corrected chi connectivity index (χ1v) is 7.12. The van der Waals surface area contributed by atoms with Crippen molar-refractivity contribution >= 4 is 23.4 Å². The van der Waals surface area contributed by atoms with E-state index in [0.29, 0.717) is 33.6 Å². The summed E-state index contributed by atoms with van der Waals surface area (Å²) in [4.78, 5) is 18.3. The summed E-state index contributed by atoms with van der Waals surface area (Å²) in [5, 5.41) is 0.852. The third-order valence-electron chi connectivity index (χ3n) is 2.55. The van der Waals surface area contributed by atoms with E-state index in [-0.39, 0.29) is 11.4 Å². The molecule has 19 heavy (non-hydrogen) atoms. The molecule has 0 aliphatic carbocycles. The first-order valence-electron chi connectivity index (χ1n) is 5.76. The van der Waals surface area contributed by atoms with Crippen molar-refractivity contribution in [3.63, 3.8) is 0 Å². The molecule has 0 amide bonds. The van der Waals surface area contributed by atoms with Gasteiger partial charge in [0.25, 0.3) is 5.56 Å². The maximum absolute atomic E-state index is 13.6. The van der Waals surface area contributed by atoms with Gasteiger partial charge in [0.15, 0.2) is 5.16 Å². The van der Waals surface area contributed by atoms with Crippen LogP contribution in [0.3, 0.4) is 0 Å². The summed E-state index contributed by atoms with van der Waals surface area (Å²) in [7, 11) is 0. The van der Waals surface area contributed by atoms with Gasteiger partial charge >= 0.3 is 0 Å². The van der Waals surface area contributed by atoms with Crippen molar-refractivity contribution in [2.75, 3.05) is 0 Å². The van der Waals surface area contributed by atoms with E-state index in [9.17, 15) is 9.18 Å². The van der Waals surface area contributed by atoms with Crippen molar-refractivity contribution < 1.29 is 4.39 Å². The number of rotatable bonds is 4. The average molecular weight is 299 g/mol. The van der Waals surface area contributed by atoms with Crippen molar-refractivity contribution in [3.8, 4) is 0 Å². The number of benzene rings is 1. The van der Waals surface area contributed by atoms with E-state index < -0.39 is 0 Å². The minimum atomic E-state index is -0.353. The van der Waals surface area contributed by atoms with Gasteiger partial charge in [0.2, 0.25) is 0 Å². The maximum Gasteiger partial charge on any atom is 0.251 e. The highest BCUT2D eigenvalue weighted by Crippen LogP contribution is 2.26. The summed E-state index contributed by atoms with van der Waals surface area (Å²) >= 11 is 7.19. The lowest BCUT2D eigenvalue weighted by Crippen LogP contribution is -2.09. The Morgan fingerprint density at radius 1 is 1.47 bits per heavy atom. The van der Waals surface area contributed by atoms with Gasteiger partial charge < -0.3 is 4.98 Å².